The van der Waals surface area contributed by atoms with Gasteiger partial charge in [-0.1, -0.05) is 48.5 Å². The maximum atomic E-state index is 13.4. The maximum absolute atomic E-state index is 13.4. The van der Waals surface area contributed by atoms with E-state index in [4.69, 9.17) is 0 Å². The van der Waals surface area contributed by atoms with Gasteiger partial charge in [-0.2, -0.15) is 9.78 Å². The van der Waals surface area contributed by atoms with Gasteiger partial charge >= 0.3 is 0 Å². The van der Waals surface area contributed by atoms with Crippen molar-refractivity contribution in [2.24, 2.45) is 0 Å². The van der Waals surface area contributed by atoms with Gasteiger partial charge in [-0.15, -0.1) is 5.10 Å². The Hall–Kier alpha value is -4.66. The fourth-order valence-electron chi connectivity index (χ4n) is 3.98. The standard InChI is InChI=1S/C25H19N7O2/c33-24(26-17-8-6-7-16(15-17)23-27-29-30-31(23)19-13-14-19)22-20-11-4-5-12-21(20)25(34)32(28-22)18-9-2-1-3-10-18/h1-12,15,19H,13-14H2,(H,26,33). The first-order valence-corrected chi connectivity index (χ1v) is 11.0. The number of benzene rings is 3. The zero-order chi connectivity index (χ0) is 23.1. The van der Waals surface area contributed by atoms with E-state index in [1.165, 1.54) is 4.68 Å². The Morgan fingerprint density at radius 1 is 0.912 bits per heavy atom. The Labute approximate surface area is 193 Å². The van der Waals surface area contributed by atoms with Crippen molar-refractivity contribution < 1.29 is 4.79 Å². The fourth-order valence-corrected chi connectivity index (χ4v) is 3.98. The zero-order valence-corrected chi connectivity index (χ0v) is 18.0. The summed E-state index contributed by atoms with van der Waals surface area (Å²) in [5, 5.41) is 20.3. The molecule has 2 aromatic heterocycles. The molecule has 2 heterocycles. The highest BCUT2D eigenvalue weighted by Gasteiger charge is 2.28. The number of fused-ring (bicyclic) bond motifs is 1. The quantitative estimate of drug-likeness (QED) is 0.439. The van der Waals surface area contributed by atoms with Crippen molar-refractivity contribution in [2.45, 2.75) is 18.9 Å². The number of para-hydroxylation sites is 1. The Morgan fingerprint density at radius 2 is 1.68 bits per heavy atom. The summed E-state index contributed by atoms with van der Waals surface area (Å²) in [6, 6.07) is 23.7. The van der Waals surface area contributed by atoms with Crippen LogP contribution in [0.2, 0.25) is 0 Å². The Bertz CT molecular complexity index is 1590. The van der Waals surface area contributed by atoms with Crippen LogP contribution in [-0.2, 0) is 0 Å². The van der Waals surface area contributed by atoms with Gasteiger partial charge in [0.1, 0.15) is 0 Å². The van der Waals surface area contributed by atoms with E-state index in [1.54, 1.807) is 42.5 Å². The van der Waals surface area contributed by atoms with Crippen LogP contribution in [0, 0.1) is 0 Å². The molecule has 3 aromatic carbocycles. The van der Waals surface area contributed by atoms with Crippen LogP contribution in [0.4, 0.5) is 5.69 Å². The monoisotopic (exact) mass is 449 g/mol. The van der Waals surface area contributed by atoms with E-state index in [0.29, 0.717) is 34.0 Å². The first-order valence-electron chi connectivity index (χ1n) is 11.0. The molecule has 9 nitrogen and oxygen atoms in total. The van der Waals surface area contributed by atoms with Gasteiger partial charge in [-0.25, -0.2) is 4.68 Å². The van der Waals surface area contributed by atoms with Crippen molar-refractivity contribution in [3.8, 4) is 17.1 Å². The van der Waals surface area contributed by atoms with Crippen molar-refractivity contribution in [1.82, 2.24) is 30.0 Å². The van der Waals surface area contributed by atoms with E-state index < -0.39 is 5.91 Å². The minimum Gasteiger partial charge on any atom is -0.321 e. The molecule has 1 aliphatic rings. The second-order valence-electron chi connectivity index (χ2n) is 8.16. The third-order valence-electron chi connectivity index (χ3n) is 5.78. The zero-order valence-electron chi connectivity index (χ0n) is 18.0. The normalized spacial score (nSPS) is 13.2. The smallest absolute Gasteiger partial charge is 0.279 e. The van der Waals surface area contributed by atoms with Crippen LogP contribution < -0.4 is 10.9 Å². The van der Waals surface area contributed by atoms with Gasteiger partial charge in [-0.05, 0) is 53.6 Å². The summed E-state index contributed by atoms with van der Waals surface area (Å²) in [4.78, 5) is 26.4. The van der Waals surface area contributed by atoms with Gasteiger partial charge < -0.3 is 5.32 Å². The molecule has 1 saturated carbocycles. The van der Waals surface area contributed by atoms with Crippen LogP contribution >= 0.6 is 0 Å². The highest BCUT2D eigenvalue weighted by atomic mass is 16.2. The Kier molecular flexibility index (Phi) is 4.72. The number of aromatic nitrogens is 6. The molecule has 6 rings (SSSR count). The number of amides is 1. The number of hydrogen-bond acceptors (Lipinski definition) is 6. The lowest BCUT2D eigenvalue weighted by Gasteiger charge is -2.12. The summed E-state index contributed by atoms with van der Waals surface area (Å²) in [6.45, 7) is 0. The van der Waals surface area contributed by atoms with E-state index in [2.05, 4.69) is 25.9 Å². The number of carbonyl (C=O) groups excluding carboxylic acids is 1. The molecule has 0 aliphatic heterocycles. The first-order chi connectivity index (χ1) is 16.7. The average molecular weight is 449 g/mol. The first kappa shape index (κ1) is 20.0. The number of nitrogens with one attached hydrogen (secondary N) is 1. The van der Waals surface area contributed by atoms with Crippen LogP contribution in [-0.4, -0.2) is 35.9 Å². The molecule has 0 radical (unpaired) electrons. The lowest BCUT2D eigenvalue weighted by atomic mass is 10.1. The molecular formula is C25H19N7O2. The number of anilines is 1. The van der Waals surface area contributed by atoms with Crippen molar-refractivity contribution in [3.63, 3.8) is 0 Å². The van der Waals surface area contributed by atoms with Gasteiger partial charge in [0.15, 0.2) is 11.5 Å². The minimum absolute atomic E-state index is 0.160. The second-order valence-corrected chi connectivity index (χ2v) is 8.16. The Balaban J connectivity index is 1.39. The van der Waals surface area contributed by atoms with Gasteiger partial charge in [0.2, 0.25) is 0 Å². The number of hydrogen-bond donors (Lipinski definition) is 1. The number of nitrogens with zero attached hydrogens (tertiary/aromatic N) is 6. The van der Waals surface area contributed by atoms with E-state index in [1.807, 2.05) is 41.1 Å². The number of rotatable bonds is 5. The summed E-state index contributed by atoms with van der Waals surface area (Å²) < 4.78 is 3.09. The molecule has 0 spiro atoms. The summed E-state index contributed by atoms with van der Waals surface area (Å²) in [5.41, 5.74) is 1.85. The minimum atomic E-state index is -0.417. The van der Waals surface area contributed by atoms with Gasteiger partial charge in [0.25, 0.3) is 11.5 Å². The van der Waals surface area contributed by atoms with E-state index >= 15 is 0 Å². The number of tetrazole rings is 1. The summed E-state index contributed by atoms with van der Waals surface area (Å²) in [7, 11) is 0. The molecule has 5 aromatic rings. The lowest BCUT2D eigenvalue weighted by molar-refractivity contribution is 0.102. The molecule has 0 saturated heterocycles. The molecule has 9 heteroatoms. The molecule has 1 amide bonds. The third-order valence-corrected chi connectivity index (χ3v) is 5.78. The van der Waals surface area contributed by atoms with E-state index in [-0.39, 0.29) is 11.3 Å². The average Bonchev–Trinajstić information content (AvgIpc) is 3.61. The SMILES string of the molecule is O=C(Nc1cccc(-c2nnnn2C2CC2)c1)c1nn(-c2ccccc2)c(=O)c2ccccc12. The highest BCUT2D eigenvalue weighted by Crippen LogP contribution is 2.36. The molecule has 0 atom stereocenters. The molecule has 1 N–H and O–H groups in total. The topological polar surface area (TPSA) is 108 Å². The largest absolute Gasteiger partial charge is 0.321 e. The van der Waals surface area contributed by atoms with Crippen LogP contribution in [0.15, 0.2) is 83.7 Å². The highest BCUT2D eigenvalue weighted by molar-refractivity contribution is 6.11. The fraction of sp³-hybridized carbons (Fsp3) is 0.120. The van der Waals surface area contributed by atoms with Crippen LogP contribution in [0.3, 0.4) is 0 Å². The van der Waals surface area contributed by atoms with Crippen LogP contribution in [0.25, 0.3) is 27.8 Å². The predicted molar refractivity (Wildman–Crippen MR) is 127 cm³/mol. The third kappa shape index (κ3) is 3.53. The summed E-state index contributed by atoms with van der Waals surface area (Å²) >= 11 is 0. The second kappa shape index (κ2) is 8.04. The Morgan fingerprint density at radius 3 is 2.47 bits per heavy atom. The van der Waals surface area contributed by atoms with Crippen LogP contribution in [0.5, 0.6) is 0 Å². The number of carbonyl (C=O) groups is 1. The molecule has 0 unspecified atom stereocenters. The summed E-state index contributed by atoms with van der Waals surface area (Å²) in [6.07, 6.45) is 2.12. The van der Waals surface area contributed by atoms with Gasteiger partial charge in [0, 0.05) is 16.6 Å². The molecule has 1 fully saturated rings. The van der Waals surface area contributed by atoms with Crippen molar-refractivity contribution in [3.05, 3.63) is 94.9 Å². The predicted octanol–water partition coefficient (Wildman–Crippen LogP) is 3.63. The molecule has 166 valence electrons. The molecule has 1 aliphatic carbocycles. The molecule has 0 bridgehead atoms. The van der Waals surface area contributed by atoms with Crippen molar-refractivity contribution >= 4 is 22.4 Å². The van der Waals surface area contributed by atoms with E-state index in [9.17, 15) is 9.59 Å². The molecular weight excluding hydrogens is 430 g/mol. The van der Waals surface area contributed by atoms with Crippen molar-refractivity contribution in [2.75, 3.05) is 5.32 Å². The maximum Gasteiger partial charge on any atom is 0.279 e. The van der Waals surface area contributed by atoms with Crippen molar-refractivity contribution in [1.29, 1.82) is 0 Å². The molecule has 34 heavy (non-hydrogen) atoms. The van der Waals surface area contributed by atoms with Crippen LogP contribution in [0.1, 0.15) is 29.4 Å². The van der Waals surface area contributed by atoms with Gasteiger partial charge in [-0.3, -0.25) is 9.59 Å². The summed E-state index contributed by atoms with van der Waals surface area (Å²) in [5.74, 6) is 0.250. The van der Waals surface area contributed by atoms with Gasteiger partial charge in [0.05, 0.1) is 17.1 Å². The van der Waals surface area contributed by atoms with E-state index in [0.717, 1.165) is 18.4 Å². The lowest BCUT2D eigenvalue weighted by Crippen LogP contribution is -2.26.